The van der Waals surface area contributed by atoms with E-state index in [4.69, 9.17) is 28.1 Å². The Hall–Kier alpha value is -5.87. The van der Waals surface area contributed by atoms with E-state index in [0.29, 0.717) is 11.1 Å². The summed E-state index contributed by atoms with van der Waals surface area (Å²) < 4.78 is 102. The van der Waals surface area contributed by atoms with Gasteiger partial charge in [0.25, 0.3) is 0 Å². The fourth-order valence-corrected chi connectivity index (χ4v) is 4.85. The number of furan rings is 1. The number of rotatable bonds is 5. The molecule has 0 unspecified atom stereocenters. The van der Waals surface area contributed by atoms with Crippen molar-refractivity contribution >= 4 is 21.9 Å². The van der Waals surface area contributed by atoms with Crippen molar-refractivity contribution in [3.63, 3.8) is 0 Å². The number of para-hydroxylation sites is 1. The molecule has 0 saturated carbocycles. The van der Waals surface area contributed by atoms with Crippen LogP contribution in [0.25, 0.3) is 78.4 Å². The highest BCUT2D eigenvalue weighted by molar-refractivity contribution is 6.10. The number of hydrogen-bond donors (Lipinski definition) is 0. The zero-order valence-corrected chi connectivity index (χ0v) is 22.3. The molecule has 8 aromatic rings. The van der Waals surface area contributed by atoms with Gasteiger partial charge in [0.05, 0.1) is 15.1 Å². The lowest BCUT2D eigenvalue weighted by atomic mass is 10.0. The summed E-state index contributed by atoms with van der Waals surface area (Å²) in [4.78, 5) is 14.1. The average Bonchev–Trinajstić information content (AvgIpc) is 3.60. The number of fused-ring (bicyclic) bond motifs is 3. The molecular formula is C39H25N3O. The molecule has 43 heavy (non-hydrogen) atoms. The van der Waals surface area contributed by atoms with Crippen LogP contribution in [-0.4, -0.2) is 15.0 Å². The molecule has 0 amide bonds. The van der Waals surface area contributed by atoms with E-state index in [1.54, 1.807) is 12.1 Å². The molecule has 2 aromatic heterocycles. The van der Waals surface area contributed by atoms with Crippen LogP contribution < -0.4 is 0 Å². The molecule has 0 bridgehead atoms. The zero-order chi connectivity index (χ0) is 38.2. The largest absolute Gasteiger partial charge is 0.455 e. The minimum Gasteiger partial charge on any atom is -0.455 e. The highest BCUT2D eigenvalue weighted by Crippen LogP contribution is 2.37. The molecule has 8 rings (SSSR count). The maximum absolute atomic E-state index is 9.34. The Bertz CT molecular complexity index is 2800. The van der Waals surface area contributed by atoms with Crippen molar-refractivity contribution in [3.05, 3.63) is 151 Å². The van der Waals surface area contributed by atoms with Gasteiger partial charge in [0, 0.05) is 33.0 Å². The van der Waals surface area contributed by atoms with E-state index < -0.39 is 72.0 Å². The summed E-state index contributed by atoms with van der Waals surface area (Å²) in [6, 6.07) is 19.9. The SMILES string of the molecule is [2H]c1c([2H])c([2H])c(-c2c([2H])c([2H])c([2H])c3c2oc2c([2H])c(-c4nc(-c5ccccc5)nc(-c5ccc(-c6ccccc6)cc5)n4)c([2H])c([2H])c23)c([2H])c1[2H]. The normalized spacial score (nSPS) is 14.8. The lowest BCUT2D eigenvalue weighted by molar-refractivity contribution is 0.670. The smallest absolute Gasteiger partial charge is 0.164 e. The van der Waals surface area contributed by atoms with Gasteiger partial charge in [0.1, 0.15) is 11.2 Å². The Morgan fingerprint density at radius 1 is 0.442 bits per heavy atom. The quantitative estimate of drug-likeness (QED) is 0.209. The lowest BCUT2D eigenvalue weighted by Crippen LogP contribution is -2.00. The van der Waals surface area contributed by atoms with Crippen molar-refractivity contribution in [2.75, 3.05) is 0 Å². The van der Waals surface area contributed by atoms with Crippen LogP contribution in [-0.2, 0) is 0 Å². The predicted octanol–water partition coefficient (Wildman–Crippen LogP) is 10.1. The summed E-state index contributed by atoms with van der Waals surface area (Å²) in [5, 5.41) is -0.379. The fraction of sp³-hybridized carbons (Fsp3) is 0. The number of aromatic nitrogens is 3. The first-order valence-corrected chi connectivity index (χ1v) is 13.4. The van der Waals surface area contributed by atoms with Gasteiger partial charge in [-0.1, -0.05) is 139 Å². The monoisotopic (exact) mass is 562 g/mol. The highest BCUT2D eigenvalue weighted by atomic mass is 16.3. The number of benzene rings is 6. The van der Waals surface area contributed by atoms with E-state index >= 15 is 0 Å². The molecule has 0 saturated heterocycles. The minimum absolute atomic E-state index is 0.101. The third-order valence-electron chi connectivity index (χ3n) is 6.95. The molecule has 0 spiro atoms. The molecule has 0 fully saturated rings. The van der Waals surface area contributed by atoms with E-state index in [2.05, 4.69) is 4.98 Å². The van der Waals surface area contributed by atoms with Gasteiger partial charge in [0.15, 0.2) is 17.5 Å². The van der Waals surface area contributed by atoms with Crippen LogP contribution in [0.15, 0.2) is 156 Å². The summed E-state index contributed by atoms with van der Waals surface area (Å²) in [6.45, 7) is 0. The van der Waals surface area contributed by atoms with Gasteiger partial charge in [0.2, 0.25) is 0 Å². The first-order valence-electron chi connectivity index (χ1n) is 18.9. The predicted molar refractivity (Wildman–Crippen MR) is 174 cm³/mol. The van der Waals surface area contributed by atoms with Crippen LogP contribution >= 0.6 is 0 Å². The molecule has 0 N–H and O–H groups in total. The van der Waals surface area contributed by atoms with Gasteiger partial charge in [-0.2, -0.15) is 0 Å². The molecule has 0 aliphatic carbocycles. The van der Waals surface area contributed by atoms with Crippen LogP contribution in [0.3, 0.4) is 0 Å². The fourth-order valence-electron chi connectivity index (χ4n) is 4.85. The van der Waals surface area contributed by atoms with Crippen LogP contribution in [0.2, 0.25) is 0 Å². The van der Waals surface area contributed by atoms with Crippen molar-refractivity contribution in [3.8, 4) is 56.4 Å². The third-order valence-corrected chi connectivity index (χ3v) is 6.95. The Morgan fingerprint density at radius 2 is 1.02 bits per heavy atom. The van der Waals surface area contributed by atoms with E-state index in [1.165, 1.54) is 0 Å². The minimum atomic E-state index is -0.677. The van der Waals surface area contributed by atoms with Gasteiger partial charge < -0.3 is 4.42 Å². The van der Waals surface area contributed by atoms with E-state index in [9.17, 15) is 1.37 Å². The molecule has 6 aromatic carbocycles. The summed E-state index contributed by atoms with van der Waals surface area (Å²) in [5.41, 5.74) is 1.66. The van der Waals surface area contributed by atoms with E-state index in [-0.39, 0.29) is 50.5 Å². The number of nitrogens with zero attached hydrogens (tertiary/aromatic N) is 3. The van der Waals surface area contributed by atoms with Crippen molar-refractivity contribution in [1.29, 1.82) is 0 Å². The molecule has 0 aliphatic rings. The molecule has 2 heterocycles. The maximum atomic E-state index is 9.34. The van der Waals surface area contributed by atoms with Crippen LogP contribution in [0.5, 0.6) is 0 Å². The second-order valence-corrected chi connectivity index (χ2v) is 9.63. The Kier molecular flexibility index (Phi) is 3.90. The molecule has 0 aliphatic heterocycles. The van der Waals surface area contributed by atoms with Gasteiger partial charge in [-0.05, 0) is 28.8 Å². The molecule has 4 nitrogen and oxygen atoms in total. The highest BCUT2D eigenvalue weighted by Gasteiger charge is 2.16. The van der Waals surface area contributed by atoms with Gasteiger partial charge in [-0.3, -0.25) is 0 Å². The summed E-state index contributed by atoms with van der Waals surface area (Å²) in [5.74, 6) is 0.381. The van der Waals surface area contributed by atoms with E-state index in [0.717, 1.165) is 11.1 Å². The van der Waals surface area contributed by atoms with Crippen molar-refractivity contribution in [1.82, 2.24) is 15.0 Å². The van der Waals surface area contributed by atoms with Crippen LogP contribution in [0.1, 0.15) is 15.1 Å². The van der Waals surface area contributed by atoms with Crippen molar-refractivity contribution < 1.29 is 19.5 Å². The summed E-state index contributed by atoms with van der Waals surface area (Å²) in [6.07, 6.45) is 0. The molecule has 0 atom stereocenters. The van der Waals surface area contributed by atoms with Gasteiger partial charge >= 0.3 is 0 Å². The first kappa shape index (κ1) is 15.9. The van der Waals surface area contributed by atoms with Crippen molar-refractivity contribution in [2.24, 2.45) is 0 Å². The second-order valence-electron chi connectivity index (χ2n) is 9.63. The second kappa shape index (κ2) is 10.5. The topological polar surface area (TPSA) is 51.8 Å². The van der Waals surface area contributed by atoms with Gasteiger partial charge in [-0.15, -0.1) is 0 Å². The lowest BCUT2D eigenvalue weighted by Gasteiger charge is -2.09. The Labute approximate surface area is 264 Å². The third kappa shape index (κ3) is 4.65. The molecule has 0 radical (unpaired) electrons. The number of hydrogen-bond acceptors (Lipinski definition) is 4. The maximum Gasteiger partial charge on any atom is 0.164 e. The summed E-state index contributed by atoms with van der Waals surface area (Å²) >= 11 is 0. The molecule has 202 valence electrons. The summed E-state index contributed by atoms with van der Waals surface area (Å²) in [7, 11) is 0. The van der Waals surface area contributed by atoms with Crippen LogP contribution in [0, 0.1) is 0 Å². The Morgan fingerprint density at radius 3 is 1.72 bits per heavy atom. The zero-order valence-electron chi connectivity index (χ0n) is 33.3. The Balaban J connectivity index is 1.40. The standard InChI is InChI=1S/C39H25N3O/c1-4-11-26(12-5-1)27-19-21-30(22-20-27)38-40-37(29-15-8-3-9-16-29)41-39(42-38)31-23-24-33-34-18-10-17-32(28-13-6-2-7-14-28)36(34)43-35(33)25-31/h1-25H/i2D,6D,7D,10D,13D,14D,17D,18D,23D,24D,25D. The van der Waals surface area contributed by atoms with Gasteiger partial charge in [-0.25, -0.2) is 15.0 Å². The molecular weight excluding hydrogens is 526 g/mol. The van der Waals surface area contributed by atoms with E-state index in [1.807, 2.05) is 72.8 Å². The van der Waals surface area contributed by atoms with Crippen LogP contribution in [0.4, 0.5) is 0 Å². The van der Waals surface area contributed by atoms with Crippen molar-refractivity contribution in [2.45, 2.75) is 0 Å². The molecule has 4 heteroatoms. The average molecular weight is 563 g/mol. The first-order chi connectivity index (χ1) is 25.9.